The van der Waals surface area contributed by atoms with Crippen LogP contribution in [0.25, 0.3) is 0 Å². The van der Waals surface area contributed by atoms with Crippen molar-refractivity contribution in [3.05, 3.63) is 102 Å². The lowest BCUT2D eigenvalue weighted by Crippen LogP contribution is -2.33. The van der Waals surface area contributed by atoms with Crippen LogP contribution in [0, 0.1) is 6.92 Å². The molecule has 0 aliphatic carbocycles. The van der Waals surface area contributed by atoms with Gasteiger partial charge in [-0.15, -0.1) is 0 Å². The van der Waals surface area contributed by atoms with Crippen LogP contribution in [0.15, 0.2) is 84.9 Å². The van der Waals surface area contributed by atoms with E-state index in [9.17, 15) is 0 Å². The molecule has 0 unspecified atom stereocenters. The lowest BCUT2D eigenvalue weighted by atomic mass is 9.99. The highest BCUT2D eigenvalue weighted by atomic mass is 32.1. The molecule has 2 N–H and O–H groups in total. The topological polar surface area (TPSA) is 24.1 Å². The van der Waals surface area contributed by atoms with E-state index in [0.29, 0.717) is 5.11 Å². The van der Waals surface area contributed by atoms with E-state index in [1.807, 2.05) is 30.3 Å². The van der Waals surface area contributed by atoms with Gasteiger partial charge in [-0.1, -0.05) is 78.9 Å². The van der Waals surface area contributed by atoms with Crippen molar-refractivity contribution in [1.82, 2.24) is 5.32 Å². The molecule has 3 rings (SSSR count). The quantitative estimate of drug-likeness (QED) is 0.616. The van der Waals surface area contributed by atoms with Crippen LogP contribution in [0.2, 0.25) is 0 Å². The molecular weight excluding hydrogens is 324 g/mol. The number of hydrogen-bond donors (Lipinski definition) is 2. The minimum atomic E-state index is 0.118. The number of thiocarbonyl (C=S) groups is 1. The van der Waals surface area contributed by atoms with Gasteiger partial charge in [0.2, 0.25) is 0 Å². The lowest BCUT2D eigenvalue weighted by Gasteiger charge is -2.22. The van der Waals surface area contributed by atoms with E-state index in [4.69, 9.17) is 12.2 Å². The van der Waals surface area contributed by atoms with E-state index in [0.717, 1.165) is 12.1 Å². The average molecular weight is 346 g/mol. The molecule has 2 nitrogen and oxygen atoms in total. The van der Waals surface area contributed by atoms with Crippen LogP contribution in [0.3, 0.4) is 0 Å². The van der Waals surface area contributed by atoms with Crippen molar-refractivity contribution in [3.8, 4) is 0 Å². The maximum absolute atomic E-state index is 5.57. The molecule has 0 radical (unpaired) electrons. The van der Waals surface area contributed by atoms with Gasteiger partial charge in [-0.25, -0.2) is 0 Å². The van der Waals surface area contributed by atoms with Gasteiger partial charge in [0, 0.05) is 5.69 Å². The predicted molar refractivity (Wildman–Crippen MR) is 110 cm³/mol. The molecule has 0 heterocycles. The fourth-order valence-electron chi connectivity index (χ4n) is 2.82. The van der Waals surface area contributed by atoms with Crippen molar-refractivity contribution in [2.75, 3.05) is 5.32 Å². The maximum atomic E-state index is 5.57. The van der Waals surface area contributed by atoms with Crippen LogP contribution < -0.4 is 10.6 Å². The van der Waals surface area contributed by atoms with Crippen LogP contribution in [-0.4, -0.2) is 5.11 Å². The summed E-state index contributed by atoms with van der Waals surface area (Å²) in [6.45, 7) is 2.07. The molecule has 3 heteroatoms. The Kier molecular flexibility index (Phi) is 5.81. The zero-order valence-corrected chi connectivity index (χ0v) is 15.1. The monoisotopic (exact) mass is 346 g/mol. The Hall–Kier alpha value is -2.65. The van der Waals surface area contributed by atoms with Crippen molar-refractivity contribution in [1.29, 1.82) is 0 Å². The Labute approximate surface area is 154 Å². The molecule has 3 aromatic carbocycles. The molecule has 25 heavy (non-hydrogen) atoms. The number of para-hydroxylation sites is 1. The third kappa shape index (κ3) is 4.91. The number of aryl methyl sites for hydroxylation is 1. The molecular formula is C22H22N2S. The highest BCUT2D eigenvalue weighted by molar-refractivity contribution is 7.80. The van der Waals surface area contributed by atoms with Gasteiger partial charge in [-0.2, -0.15) is 0 Å². The second-order valence-electron chi connectivity index (χ2n) is 6.07. The molecule has 126 valence electrons. The lowest BCUT2D eigenvalue weighted by molar-refractivity contribution is 0.648. The SMILES string of the molecule is Cc1ccccc1NC(=S)N[C@H](Cc1ccccc1)c1ccccc1. The molecule has 0 fully saturated rings. The van der Waals surface area contributed by atoms with Crippen LogP contribution in [0.4, 0.5) is 5.69 Å². The van der Waals surface area contributed by atoms with Crippen molar-refractivity contribution in [2.45, 2.75) is 19.4 Å². The number of benzene rings is 3. The van der Waals surface area contributed by atoms with Crippen LogP contribution in [0.1, 0.15) is 22.7 Å². The minimum absolute atomic E-state index is 0.118. The highest BCUT2D eigenvalue weighted by Gasteiger charge is 2.13. The second kappa shape index (κ2) is 8.45. The Balaban J connectivity index is 1.75. The van der Waals surface area contributed by atoms with Gasteiger partial charge in [0.25, 0.3) is 0 Å². The van der Waals surface area contributed by atoms with Gasteiger partial charge < -0.3 is 10.6 Å². The van der Waals surface area contributed by atoms with Gasteiger partial charge in [0.05, 0.1) is 6.04 Å². The third-order valence-electron chi connectivity index (χ3n) is 4.18. The third-order valence-corrected chi connectivity index (χ3v) is 4.40. The minimum Gasteiger partial charge on any atom is -0.355 e. The first-order valence-corrected chi connectivity index (χ1v) is 8.85. The highest BCUT2D eigenvalue weighted by Crippen LogP contribution is 2.19. The summed E-state index contributed by atoms with van der Waals surface area (Å²) in [5.74, 6) is 0. The maximum Gasteiger partial charge on any atom is 0.171 e. The first kappa shape index (κ1) is 17.2. The van der Waals surface area contributed by atoms with Crippen LogP contribution >= 0.6 is 12.2 Å². The van der Waals surface area contributed by atoms with Gasteiger partial charge in [-0.05, 0) is 48.3 Å². The molecule has 0 aliphatic rings. The van der Waals surface area contributed by atoms with E-state index in [1.54, 1.807) is 0 Å². The first-order chi connectivity index (χ1) is 12.2. The molecule has 0 saturated heterocycles. The Morgan fingerprint density at radius 1 is 0.840 bits per heavy atom. The molecule has 0 spiro atoms. The summed E-state index contributed by atoms with van der Waals surface area (Å²) >= 11 is 5.57. The van der Waals surface area contributed by atoms with Crippen molar-refractivity contribution in [3.63, 3.8) is 0 Å². The molecule has 1 atom stereocenters. The number of nitrogens with one attached hydrogen (secondary N) is 2. The summed E-state index contributed by atoms with van der Waals surface area (Å²) in [5.41, 5.74) is 4.71. The number of hydrogen-bond acceptors (Lipinski definition) is 1. The fraction of sp³-hybridized carbons (Fsp3) is 0.136. The zero-order valence-electron chi connectivity index (χ0n) is 14.3. The molecule has 0 bridgehead atoms. The Bertz CT molecular complexity index is 816. The summed E-state index contributed by atoms with van der Waals surface area (Å²) in [4.78, 5) is 0. The van der Waals surface area contributed by atoms with Crippen molar-refractivity contribution in [2.24, 2.45) is 0 Å². The van der Waals surface area contributed by atoms with E-state index in [2.05, 4.69) is 72.2 Å². The van der Waals surface area contributed by atoms with Crippen molar-refractivity contribution >= 4 is 23.0 Å². The van der Waals surface area contributed by atoms with Gasteiger partial charge >= 0.3 is 0 Å². The van der Waals surface area contributed by atoms with E-state index in [-0.39, 0.29) is 6.04 Å². The molecule has 0 aliphatic heterocycles. The average Bonchev–Trinajstić information content (AvgIpc) is 2.65. The second-order valence-corrected chi connectivity index (χ2v) is 6.47. The molecule has 0 saturated carbocycles. The summed E-state index contributed by atoms with van der Waals surface area (Å²) < 4.78 is 0. The smallest absolute Gasteiger partial charge is 0.171 e. The normalized spacial score (nSPS) is 11.6. The molecule has 0 aromatic heterocycles. The van der Waals surface area contributed by atoms with E-state index < -0.39 is 0 Å². The largest absolute Gasteiger partial charge is 0.355 e. The van der Waals surface area contributed by atoms with Gasteiger partial charge in [0.1, 0.15) is 0 Å². The van der Waals surface area contributed by atoms with Crippen molar-refractivity contribution < 1.29 is 0 Å². The Morgan fingerprint density at radius 3 is 2.12 bits per heavy atom. The summed E-state index contributed by atoms with van der Waals surface area (Å²) in [5, 5.41) is 7.43. The first-order valence-electron chi connectivity index (χ1n) is 8.44. The fourth-order valence-corrected chi connectivity index (χ4v) is 3.07. The summed E-state index contributed by atoms with van der Waals surface area (Å²) in [7, 11) is 0. The van der Waals surface area contributed by atoms with Crippen LogP contribution in [-0.2, 0) is 6.42 Å². The zero-order chi connectivity index (χ0) is 17.5. The Morgan fingerprint density at radius 2 is 1.44 bits per heavy atom. The number of rotatable bonds is 5. The standard InChI is InChI=1S/C22H22N2S/c1-17-10-8-9-15-20(17)23-22(25)24-21(19-13-6-3-7-14-19)16-18-11-4-2-5-12-18/h2-15,21H,16H2,1H3,(H2,23,24,25)/t21-/m1/s1. The van der Waals surface area contributed by atoms with E-state index >= 15 is 0 Å². The summed E-state index contributed by atoms with van der Waals surface area (Å²) in [6.07, 6.45) is 0.875. The van der Waals surface area contributed by atoms with Gasteiger partial charge in [0.15, 0.2) is 5.11 Å². The number of anilines is 1. The van der Waals surface area contributed by atoms with E-state index in [1.165, 1.54) is 16.7 Å². The predicted octanol–water partition coefficient (Wildman–Crippen LogP) is 5.27. The van der Waals surface area contributed by atoms with Crippen LogP contribution in [0.5, 0.6) is 0 Å². The van der Waals surface area contributed by atoms with Gasteiger partial charge in [-0.3, -0.25) is 0 Å². The summed E-state index contributed by atoms with van der Waals surface area (Å²) in [6, 6.07) is 29.2. The molecule has 3 aromatic rings. The molecule has 0 amide bonds.